The van der Waals surface area contributed by atoms with Crippen LogP contribution in [0.1, 0.15) is 91.4 Å². The van der Waals surface area contributed by atoms with Crippen molar-refractivity contribution in [2.24, 2.45) is 0 Å². The molecule has 0 amide bonds. The van der Waals surface area contributed by atoms with Crippen LogP contribution in [0.15, 0.2) is 0 Å². The Morgan fingerprint density at radius 1 is 0.762 bits per heavy atom. The van der Waals surface area contributed by atoms with Gasteiger partial charge in [-0.05, 0) is 37.5 Å². The van der Waals surface area contributed by atoms with Crippen LogP contribution < -0.4 is 0 Å². The molecule has 126 valence electrons. The van der Waals surface area contributed by atoms with Gasteiger partial charge >= 0.3 is 0 Å². The molecule has 0 aromatic carbocycles. The first-order valence-electron chi connectivity index (χ1n) is 9.00. The molecule has 2 atom stereocenters. The number of alkyl halides is 1. The van der Waals surface area contributed by atoms with Gasteiger partial charge in [0.1, 0.15) is 0 Å². The average Bonchev–Trinajstić information content (AvgIpc) is 2.74. The molecule has 1 aliphatic heterocycles. The minimum atomic E-state index is -0.374. The van der Waals surface area contributed by atoms with Crippen LogP contribution in [-0.2, 0) is 9.47 Å². The van der Waals surface area contributed by atoms with Crippen molar-refractivity contribution >= 4 is 22.6 Å². The fraction of sp³-hybridized carbons (Fsp3) is 1.00. The van der Waals surface area contributed by atoms with Crippen LogP contribution in [0.25, 0.3) is 0 Å². The van der Waals surface area contributed by atoms with E-state index >= 15 is 0 Å². The smallest absolute Gasteiger partial charge is 0.163 e. The van der Waals surface area contributed by atoms with Crippen molar-refractivity contribution in [2.75, 3.05) is 4.43 Å². The van der Waals surface area contributed by atoms with Crippen LogP contribution in [0.2, 0.25) is 0 Å². The second-order valence-corrected chi connectivity index (χ2v) is 7.89. The predicted molar refractivity (Wildman–Crippen MR) is 99.2 cm³/mol. The molecule has 0 spiro atoms. The zero-order valence-electron chi connectivity index (χ0n) is 14.3. The Labute approximate surface area is 145 Å². The molecule has 0 bridgehead atoms. The number of hydrogen-bond acceptors (Lipinski definition) is 2. The highest BCUT2D eigenvalue weighted by atomic mass is 127. The van der Waals surface area contributed by atoms with Gasteiger partial charge in [0.25, 0.3) is 0 Å². The van der Waals surface area contributed by atoms with Crippen molar-refractivity contribution in [3.8, 4) is 0 Å². The molecular weight excluding hydrogens is 375 g/mol. The largest absolute Gasteiger partial charge is 0.345 e. The molecule has 1 aliphatic rings. The van der Waals surface area contributed by atoms with Crippen LogP contribution in [-0.4, -0.2) is 22.4 Å². The van der Waals surface area contributed by atoms with Crippen LogP contribution in [0.5, 0.6) is 0 Å². The first-order valence-corrected chi connectivity index (χ1v) is 10.5. The number of halogens is 1. The first kappa shape index (κ1) is 19.7. The van der Waals surface area contributed by atoms with Crippen LogP contribution >= 0.6 is 22.6 Å². The highest BCUT2D eigenvalue weighted by Crippen LogP contribution is 2.33. The summed E-state index contributed by atoms with van der Waals surface area (Å²) >= 11 is 2.45. The summed E-state index contributed by atoms with van der Waals surface area (Å²) in [6, 6.07) is 0. The average molecular weight is 410 g/mol. The third-order valence-corrected chi connectivity index (χ3v) is 5.01. The van der Waals surface area contributed by atoms with Crippen LogP contribution in [0, 0.1) is 0 Å². The highest BCUT2D eigenvalue weighted by molar-refractivity contribution is 14.1. The molecule has 0 aromatic rings. The van der Waals surface area contributed by atoms with E-state index in [0.29, 0.717) is 12.2 Å². The normalized spacial score (nSPS) is 24.6. The van der Waals surface area contributed by atoms with Gasteiger partial charge in [0.05, 0.1) is 12.2 Å². The minimum Gasteiger partial charge on any atom is -0.345 e. The molecule has 3 heteroatoms. The van der Waals surface area contributed by atoms with E-state index in [1.165, 1.54) is 68.6 Å². The van der Waals surface area contributed by atoms with Gasteiger partial charge in [-0.1, -0.05) is 80.9 Å². The number of unbranched alkanes of at least 4 members (excludes halogenated alkanes) is 7. The Kier molecular flexibility index (Phi) is 10.5. The Bertz CT molecular complexity index is 256. The van der Waals surface area contributed by atoms with E-state index in [1.54, 1.807) is 0 Å². The molecule has 1 fully saturated rings. The van der Waals surface area contributed by atoms with Gasteiger partial charge in [-0.3, -0.25) is 0 Å². The topological polar surface area (TPSA) is 18.5 Å². The SMILES string of the molecule is CCCCCCCCCC[C@H]1OC(C)(C)O[C@@H]1CCCI. The molecular formula is C18H35IO2. The molecule has 0 radical (unpaired) electrons. The Balaban J connectivity index is 2.11. The molecule has 1 rings (SSSR count). The maximum atomic E-state index is 6.09. The maximum Gasteiger partial charge on any atom is 0.163 e. The molecule has 0 aromatic heterocycles. The van der Waals surface area contributed by atoms with E-state index in [4.69, 9.17) is 9.47 Å². The molecule has 21 heavy (non-hydrogen) atoms. The zero-order chi connectivity index (χ0) is 15.6. The van der Waals surface area contributed by atoms with Crippen LogP contribution in [0.3, 0.4) is 0 Å². The second kappa shape index (κ2) is 11.2. The lowest BCUT2D eigenvalue weighted by atomic mass is 10.0. The zero-order valence-corrected chi connectivity index (χ0v) is 16.5. The van der Waals surface area contributed by atoms with Gasteiger partial charge in [0.15, 0.2) is 5.79 Å². The summed E-state index contributed by atoms with van der Waals surface area (Å²) in [6.07, 6.45) is 15.2. The molecule has 1 heterocycles. The monoisotopic (exact) mass is 410 g/mol. The van der Waals surface area contributed by atoms with Gasteiger partial charge in [-0.25, -0.2) is 0 Å². The van der Waals surface area contributed by atoms with Gasteiger partial charge in [-0.2, -0.15) is 0 Å². The summed E-state index contributed by atoms with van der Waals surface area (Å²) in [5.41, 5.74) is 0. The summed E-state index contributed by atoms with van der Waals surface area (Å²) in [5.74, 6) is -0.374. The van der Waals surface area contributed by atoms with Gasteiger partial charge < -0.3 is 9.47 Å². The van der Waals surface area contributed by atoms with E-state index in [-0.39, 0.29) is 5.79 Å². The molecule has 0 unspecified atom stereocenters. The lowest BCUT2D eigenvalue weighted by molar-refractivity contribution is -0.147. The molecule has 0 N–H and O–H groups in total. The van der Waals surface area contributed by atoms with Gasteiger partial charge in [0, 0.05) is 0 Å². The van der Waals surface area contributed by atoms with Crippen molar-refractivity contribution in [1.29, 1.82) is 0 Å². The van der Waals surface area contributed by atoms with Crippen molar-refractivity contribution < 1.29 is 9.47 Å². The van der Waals surface area contributed by atoms with Gasteiger partial charge in [-0.15, -0.1) is 0 Å². The van der Waals surface area contributed by atoms with E-state index < -0.39 is 0 Å². The van der Waals surface area contributed by atoms with Crippen molar-refractivity contribution in [3.63, 3.8) is 0 Å². The number of rotatable bonds is 12. The molecule has 1 saturated heterocycles. The van der Waals surface area contributed by atoms with E-state index in [9.17, 15) is 0 Å². The fourth-order valence-electron chi connectivity index (χ4n) is 3.16. The number of hydrogen-bond donors (Lipinski definition) is 0. The summed E-state index contributed by atoms with van der Waals surface area (Å²) in [7, 11) is 0. The summed E-state index contributed by atoms with van der Waals surface area (Å²) < 4.78 is 13.4. The second-order valence-electron chi connectivity index (χ2n) is 6.81. The lowest BCUT2D eigenvalue weighted by Gasteiger charge is -2.16. The molecule has 0 aliphatic carbocycles. The van der Waals surface area contributed by atoms with Crippen molar-refractivity contribution in [2.45, 2.75) is 109 Å². The summed E-state index contributed by atoms with van der Waals surface area (Å²) in [6.45, 7) is 6.38. The fourth-order valence-corrected chi connectivity index (χ4v) is 3.60. The predicted octanol–water partition coefficient (Wildman–Crippen LogP) is 6.25. The molecule has 0 saturated carbocycles. The van der Waals surface area contributed by atoms with Gasteiger partial charge in [0.2, 0.25) is 0 Å². The molecule has 2 nitrogen and oxygen atoms in total. The van der Waals surface area contributed by atoms with E-state index in [0.717, 1.165) is 6.42 Å². The van der Waals surface area contributed by atoms with Crippen molar-refractivity contribution in [3.05, 3.63) is 0 Å². The summed E-state index contributed by atoms with van der Waals surface area (Å²) in [5, 5.41) is 0. The first-order chi connectivity index (χ1) is 10.1. The Morgan fingerprint density at radius 2 is 1.24 bits per heavy atom. The van der Waals surface area contributed by atoms with Crippen molar-refractivity contribution in [1.82, 2.24) is 0 Å². The minimum absolute atomic E-state index is 0.319. The lowest BCUT2D eigenvalue weighted by Crippen LogP contribution is -2.22. The standard InChI is InChI=1S/C18H35IO2/c1-4-5-6-7-8-9-10-11-13-16-17(14-12-15-19)21-18(2,3)20-16/h16-17H,4-15H2,1-3H3/t16-,17-/m1/s1. The quantitative estimate of drug-likeness (QED) is 0.215. The third kappa shape index (κ3) is 8.75. The third-order valence-electron chi connectivity index (χ3n) is 4.25. The van der Waals surface area contributed by atoms with E-state index in [1.807, 2.05) is 0 Å². The Morgan fingerprint density at radius 3 is 1.76 bits per heavy atom. The van der Waals surface area contributed by atoms with E-state index in [2.05, 4.69) is 43.4 Å². The highest BCUT2D eigenvalue weighted by Gasteiger charge is 2.40. The maximum absolute atomic E-state index is 6.09. The number of ether oxygens (including phenoxy) is 2. The van der Waals surface area contributed by atoms with Crippen LogP contribution in [0.4, 0.5) is 0 Å². The summed E-state index contributed by atoms with van der Waals surface area (Å²) in [4.78, 5) is 0. The Hall–Kier alpha value is 0.650.